The van der Waals surface area contributed by atoms with Crippen molar-refractivity contribution in [3.8, 4) is 0 Å². The van der Waals surface area contributed by atoms with Gasteiger partial charge in [0.1, 0.15) is 5.82 Å². The van der Waals surface area contributed by atoms with Crippen LogP contribution in [-0.4, -0.2) is 21.1 Å². The molecule has 0 fully saturated rings. The summed E-state index contributed by atoms with van der Waals surface area (Å²) in [6, 6.07) is 4.38. The molecule has 0 aliphatic carbocycles. The van der Waals surface area contributed by atoms with Crippen LogP contribution >= 0.6 is 11.3 Å². The molecule has 0 aromatic carbocycles. The highest BCUT2D eigenvalue weighted by molar-refractivity contribution is 7.17. The molecule has 0 saturated carbocycles. The Morgan fingerprint density at radius 1 is 1.33 bits per heavy atom. The first-order chi connectivity index (χ1) is 10.3. The van der Waals surface area contributed by atoms with Gasteiger partial charge in [0.15, 0.2) is 0 Å². The van der Waals surface area contributed by atoms with E-state index in [2.05, 4.69) is 57.4 Å². The van der Waals surface area contributed by atoms with E-state index < -0.39 is 0 Å². The molecule has 1 N–H and O–H groups in total. The highest BCUT2D eigenvalue weighted by atomic mass is 32.1. The number of imidazole rings is 1. The van der Waals surface area contributed by atoms with E-state index in [0.717, 1.165) is 30.9 Å². The monoisotopic (exact) mass is 300 g/mol. The lowest BCUT2D eigenvalue weighted by atomic mass is 10.1. The van der Waals surface area contributed by atoms with Gasteiger partial charge in [0.25, 0.3) is 0 Å². The topological polar surface area (TPSA) is 42.7 Å². The molecule has 0 spiro atoms. The first-order valence-electron chi connectivity index (χ1n) is 7.41. The molecule has 0 bridgehead atoms. The summed E-state index contributed by atoms with van der Waals surface area (Å²) in [5, 5.41) is 5.62. The highest BCUT2D eigenvalue weighted by Crippen LogP contribution is 2.26. The first-order valence-corrected chi connectivity index (χ1v) is 8.29. The van der Waals surface area contributed by atoms with Crippen LogP contribution in [0.3, 0.4) is 0 Å². The summed E-state index contributed by atoms with van der Waals surface area (Å²) in [4.78, 5) is 9.14. The smallest absolute Gasteiger partial charge is 0.130 e. The number of hydrogen-bond acceptors (Lipinski definition) is 4. The summed E-state index contributed by atoms with van der Waals surface area (Å²) >= 11 is 1.73. The number of rotatable bonds is 6. The molecule has 3 heterocycles. The normalized spacial score (nSPS) is 12.9. The van der Waals surface area contributed by atoms with E-state index in [0.29, 0.717) is 0 Å². The molecule has 1 unspecified atom stereocenters. The molecule has 1 atom stereocenters. The minimum atomic E-state index is 0.0931. The number of hydrogen-bond donors (Lipinski definition) is 1. The van der Waals surface area contributed by atoms with Gasteiger partial charge in [-0.3, -0.25) is 4.98 Å². The van der Waals surface area contributed by atoms with E-state index in [9.17, 15) is 0 Å². The van der Waals surface area contributed by atoms with E-state index in [4.69, 9.17) is 0 Å². The molecule has 21 heavy (non-hydrogen) atoms. The van der Waals surface area contributed by atoms with Gasteiger partial charge in [-0.25, -0.2) is 4.98 Å². The Morgan fingerprint density at radius 3 is 3.05 bits per heavy atom. The van der Waals surface area contributed by atoms with E-state index in [-0.39, 0.29) is 6.04 Å². The van der Waals surface area contributed by atoms with Gasteiger partial charge in [-0.15, -0.1) is 11.3 Å². The fraction of sp³-hybridized carbons (Fsp3) is 0.375. The Bertz CT molecular complexity index is 716. The SMILES string of the molecule is CCCn1ccnc1C(NCC)c1cnc2ccsc2c1. The van der Waals surface area contributed by atoms with Gasteiger partial charge < -0.3 is 9.88 Å². The molecule has 0 amide bonds. The van der Waals surface area contributed by atoms with Gasteiger partial charge >= 0.3 is 0 Å². The van der Waals surface area contributed by atoms with Crippen molar-refractivity contribution in [2.24, 2.45) is 0 Å². The Labute approximate surface area is 128 Å². The molecule has 0 radical (unpaired) electrons. The molecular formula is C16H20N4S. The van der Waals surface area contributed by atoms with Crippen LogP contribution in [0.4, 0.5) is 0 Å². The summed E-state index contributed by atoms with van der Waals surface area (Å²) in [6.07, 6.45) is 7.00. The molecule has 0 aliphatic heterocycles. The van der Waals surface area contributed by atoms with Crippen LogP contribution in [0.1, 0.15) is 37.7 Å². The predicted octanol–water partition coefficient (Wildman–Crippen LogP) is 3.60. The van der Waals surface area contributed by atoms with Crippen LogP contribution in [0, 0.1) is 0 Å². The standard InChI is InChI=1S/C16H20N4S/c1-3-7-20-8-6-18-16(20)15(17-4-2)12-10-14-13(19-11-12)5-9-21-14/h5-6,8-11,15,17H,3-4,7H2,1-2H3. The number of pyridine rings is 1. The number of aromatic nitrogens is 3. The van der Waals surface area contributed by atoms with Crippen molar-refractivity contribution in [3.63, 3.8) is 0 Å². The van der Waals surface area contributed by atoms with Gasteiger partial charge in [0.2, 0.25) is 0 Å². The van der Waals surface area contributed by atoms with Crippen molar-refractivity contribution in [1.29, 1.82) is 0 Å². The first kappa shape index (κ1) is 14.2. The maximum absolute atomic E-state index is 4.57. The van der Waals surface area contributed by atoms with Gasteiger partial charge in [-0.2, -0.15) is 0 Å². The number of aryl methyl sites for hydroxylation is 1. The molecule has 4 nitrogen and oxygen atoms in total. The quantitative estimate of drug-likeness (QED) is 0.756. The zero-order valence-corrected chi connectivity index (χ0v) is 13.2. The fourth-order valence-electron chi connectivity index (χ4n) is 2.59. The Balaban J connectivity index is 2.01. The molecule has 3 rings (SSSR count). The zero-order valence-electron chi connectivity index (χ0n) is 12.4. The third-order valence-electron chi connectivity index (χ3n) is 3.54. The number of nitrogens with one attached hydrogen (secondary N) is 1. The van der Waals surface area contributed by atoms with Crippen LogP contribution in [0.5, 0.6) is 0 Å². The number of fused-ring (bicyclic) bond motifs is 1. The van der Waals surface area contributed by atoms with E-state index in [1.807, 2.05) is 12.4 Å². The predicted molar refractivity (Wildman–Crippen MR) is 87.7 cm³/mol. The Morgan fingerprint density at radius 2 is 2.24 bits per heavy atom. The zero-order chi connectivity index (χ0) is 14.7. The second kappa shape index (κ2) is 6.37. The minimum absolute atomic E-state index is 0.0931. The van der Waals surface area contributed by atoms with Crippen molar-refractivity contribution < 1.29 is 0 Å². The van der Waals surface area contributed by atoms with E-state index >= 15 is 0 Å². The average molecular weight is 300 g/mol. The molecule has 5 heteroatoms. The molecule has 3 aromatic rings. The fourth-order valence-corrected chi connectivity index (χ4v) is 3.38. The van der Waals surface area contributed by atoms with Crippen molar-refractivity contribution >= 4 is 21.6 Å². The molecule has 110 valence electrons. The van der Waals surface area contributed by atoms with E-state index in [1.165, 1.54) is 10.3 Å². The maximum Gasteiger partial charge on any atom is 0.130 e. The second-order valence-electron chi connectivity index (χ2n) is 5.04. The molecule has 0 saturated heterocycles. The van der Waals surface area contributed by atoms with Gasteiger partial charge in [-0.1, -0.05) is 13.8 Å². The van der Waals surface area contributed by atoms with Crippen molar-refractivity contribution in [1.82, 2.24) is 19.9 Å². The molecular weight excluding hydrogens is 280 g/mol. The van der Waals surface area contributed by atoms with Crippen LogP contribution in [-0.2, 0) is 6.54 Å². The summed E-state index contributed by atoms with van der Waals surface area (Å²) in [7, 11) is 0. The van der Waals surface area contributed by atoms with Gasteiger partial charge in [0.05, 0.1) is 16.3 Å². The second-order valence-corrected chi connectivity index (χ2v) is 5.99. The third-order valence-corrected chi connectivity index (χ3v) is 4.39. The van der Waals surface area contributed by atoms with Crippen LogP contribution < -0.4 is 5.32 Å². The third kappa shape index (κ3) is 2.84. The summed E-state index contributed by atoms with van der Waals surface area (Å²) in [6.45, 7) is 6.19. The van der Waals surface area contributed by atoms with Crippen LogP contribution in [0.2, 0.25) is 0 Å². The molecule has 0 aliphatic rings. The number of thiophene rings is 1. The van der Waals surface area contributed by atoms with Crippen LogP contribution in [0.25, 0.3) is 10.2 Å². The van der Waals surface area contributed by atoms with Crippen molar-refractivity contribution in [2.75, 3.05) is 6.54 Å². The van der Waals surface area contributed by atoms with E-state index in [1.54, 1.807) is 11.3 Å². The highest BCUT2D eigenvalue weighted by Gasteiger charge is 2.19. The minimum Gasteiger partial charge on any atom is -0.333 e. The largest absolute Gasteiger partial charge is 0.333 e. The summed E-state index contributed by atoms with van der Waals surface area (Å²) in [5.41, 5.74) is 2.24. The van der Waals surface area contributed by atoms with Gasteiger partial charge in [-0.05, 0) is 36.0 Å². The lowest BCUT2D eigenvalue weighted by molar-refractivity contribution is 0.543. The lowest BCUT2D eigenvalue weighted by Gasteiger charge is -2.19. The lowest BCUT2D eigenvalue weighted by Crippen LogP contribution is -2.25. The van der Waals surface area contributed by atoms with Crippen LogP contribution in [0.15, 0.2) is 36.1 Å². The number of nitrogens with zero attached hydrogens (tertiary/aromatic N) is 3. The molecule has 3 aromatic heterocycles. The van der Waals surface area contributed by atoms with Crippen molar-refractivity contribution in [3.05, 3.63) is 47.5 Å². The Kier molecular flexibility index (Phi) is 4.31. The Hall–Kier alpha value is -1.72. The summed E-state index contributed by atoms with van der Waals surface area (Å²) in [5.74, 6) is 1.07. The summed E-state index contributed by atoms with van der Waals surface area (Å²) < 4.78 is 3.45. The van der Waals surface area contributed by atoms with Gasteiger partial charge in [0, 0.05) is 25.1 Å². The average Bonchev–Trinajstić information content (AvgIpc) is 3.13. The van der Waals surface area contributed by atoms with Crippen molar-refractivity contribution in [2.45, 2.75) is 32.9 Å². The maximum atomic E-state index is 4.57.